The maximum absolute atomic E-state index is 9.26. The number of aliphatic hydroxyl groups excluding tert-OH is 1. The molecule has 1 aromatic heterocycles. The lowest BCUT2D eigenvalue weighted by atomic mass is 10.1. The van der Waals surface area contributed by atoms with Gasteiger partial charge in [0.25, 0.3) is 0 Å². The van der Waals surface area contributed by atoms with Crippen molar-refractivity contribution in [3.63, 3.8) is 0 Å². The van der Waals surface area contributed by atoms with Crippen molar-refractivity contribution in [3.05, 3.63) is 11.4 Å². The highest BCUT2D eigenvalue weighted by Gasteiger charge is 2.12. The van der Waals surface area contributed by atoms with Crippen LogP contribution in [0.4, 0.5) is 0 Å². The van der Waals surface area contributed by atoms with Gasteiger partial charge in [0, 0.05) is 13.1 Å². The number of aryl methyl sites for hydroxylation is 1. The van der Waals surface area contributed by atoms with E-state index in [0.717, 1.165) is 43.6 Å². The third-order valence-electron chi connectivity index (χ3n) is 3.06. The zero-order valence-electron chi connectivity index (χ0n) is 11.8. The molecule has 1 aromatic rings. The van der Waals surface area contributed by atoms with E-state index < -0.39 is 0 Å². The van der Waals surface area contributed by atoms with Gasteiger partial charge < -0.3 is 10.8 Å². The van der Waals surface area contributed by atoms with Crippen LogP contribution in [0.15, 0.2) is 0 Å². The first-order valence-electron chi connectivity index (χ1n) is 6.84. The van der Waals surface area contributed by atoms with Crippen LogP contribution in [0, 0.1) is 5.92 Å². The Morgan fingerprint density at radius 2 is 2.00 bits per heavy atom. The highest BCUT2D eigenvalue weighted by atomic mass is 16.3. The Bertz CT molecular complexity index is 347. The number of nitrogens with two attached hydrogens (primary N) is 1. The average molecular weight is 254 g/mol. The Hall–Kier alpha value is -0.940. The van der Waals surface area contributed by atoms with Crippen LogP contribution in [0.5, 0.6) is 0 Å². The van der Waals surface area contributed by atoms with Gasteiger partial charge in [0.2, 0.25) is 0 Å². The summed E-state index contributed by atoms with van der Waals surface area (Å²) in [6.45, 7) is 7.49. The van der Waals surface area contributed by atoms with Crippen LogP contribution < -0.4 is 5.73 Å². The topological polar surface area (TPSA) is 77.0 Å². The number of rotatable bonds is 8. The predicted molar refractivity (Wildman–Crippen MR) is 72.0 cm³/mol. The van der Waals surface area contributed by atoms with Gasteiger partial charge in [-0.2, -0.15) is 0 Å². The summed E-state index contributed by atoms with van der Waals surface area (Å²) in [5.74, 6) is 0.663. The first-order valence-corrected chi connectivity index (χ1v) is 6.84. The molecular weight excluding hydrogens is 228 g/mol. The van der Waals surface area contributed by atoms with Crippen molar-refractivity contribution in [3.8, 4) is 0 Å². The summed E-state index contributed by atoms with van der Waals surface area (Å²) in [5, 5.41) is 17.6. The smallest absolute Gasteiger partial charge is 0.0994 e. The molecule has 0 spiro atoms. The highest BCUT2D eigenvalue weighted by Crippen LogP contribution is 2.13. The van der Waals surface area contributed by atoms with Gasteiger partial charge in [-0.3, -0.25) is 0 Å². The van der Waals surface area contributed by atoms with Gasteiger partial charge >= 0.3 is 0 Å². The summed E-state index contributed by atoms with van der Waals surface area (Å²) in [6, 6.07) is 0. The van der Waals surface area contributed by atoms with E-state index in [4.69, 9.17) is 5.73 Å². The van der Waals surface area contributed by atoms with E-state index >= 15 is 0 Å². The largest absolute Gasteiger partial charge is 0.393 e. The Kier molecular flexibility index (Phi) is 6.29. The van der Waals surface area contributed by atoms with Crippen LogP contribution in [0.2, 0.25) is 0 Å². The first-order chi connectivity index (χ1) is 8.54. The molecule has 0 fully saturated rings. The van der Waals surface area contributed by atoms with Crippen molar-refractivity contribution in [1.82, 2.24) is 15.0 Å². The van der Waals surface area contributed by atoms with Crippen LogP contribution >= 0.6 is 0 Å². The summed E-state index contributed by atoms with van der Waals surface area (Å²) in [6.07, 6.45) is 3.56. The number of nitrogens with zero attached hydrogens (tertiary/aromatic N) is 3. The minimum Gasteiger partial charge on any atom is -0.393 e. The van der Waals surface area contributed by atoms with E-state index in [9.17, 15) is 5.11 Å². The van der Waals surface area contributed by atoms with Crippen molar-refractivity contribution in [2.75, 3.05) is 0 Å². The molecule has 0 bridgehead atoms. The van der Waals surface area contributed by atoms with Gasteiger partial charge in [0.15, 0.2) is 0 Å². The van der Waals surface area contributed by atoms with E-state index in [2.05, 4.69) is 24.2 Å². The molecule has 1 heterocycles. The lowest BCUT2D eigenvalue weighted by Crippen LogP contribution is -2.11. The molecule has 104 valence electrons. The molecule has 0 saturated carbocycles. The van der Waals surface area contributed by atoms with Crippen molar-refractivity contribution in [2.24, 2.45) is 11.7 Å². The van der Waals surface area contributed by atoms with Crippen LogP contribution in [0.3, 0.4) is 0 Å². The number of aromatic nitrogens is 3. The Labute approximate surface area is 109 Å². The van der Waals surface area contributed by atoms with E-state index in [1.54, 1.807) is 0 Å². The molecule has 3 N–H and O–H groups in total. The normalized spacial score (nSPS) is 13.2. The molecule has 0 amide bonds. The third kappa shape index (κ3) is 4.74. The van der Waals surface area contributed by atoms with Crippen molar-refractivity contribution in [2.45, 2.75) is 65.6 Å². The van der Waals surface area contributed by atoms with E-state index in [1.807, 2.05) is 11.6 Å². The minimum atomic E-state index is -0.249. The second-order valence-electron chi connectivity index (χ2n) is 5.33. The maximum atomic E-state index is 9.26. The monoisotopic (exact) mass is 254 g/mol. The fraction of sp³-hybridized carbons (Fsp3) is 0.846. The molecule has 18 heavy (non-hydrogen) atoms. The number of hydrogen-bond donors (Lipinski definition) is 2. The zero-order chi connectivity index (χ0) is 13.5. The Morgan fingerprint density at radius 1 is 1.28 bits per heavy atom. The van der Waals surface area contributed by atoms with Gasteiger partial charge in [-0.1, -0.05) is 19.1 Å². The molecule has 1 unspecified atom stereocenters. The van der Waals surface area contributed by atoms with E-state index in [1.165, 1.54) is 0 Å². The SMILES string of the molecule is CC(C)CCc1c(CN)nnn1CCCC(C)O. The van der Waals surface area contributed by atoms with Crippen LogP contribution in [-0.2, 0) is 19.5 Å². The summed E-state index contributed by atoms with van der Waals surface area (Å²) >= 11 is 0. The van der Waals surface area contributed by atoms with Crippen molar-refractivity contribution < 1.29 is 5.11 Å². The molecule has 0 radical (unpaired) electrons. The molecule has 1 rings (SSSR count). The maximum Gasteiger partial charge on any atom is 0.0994 e. The molecule has 0 saturated heterocycles. The van der Waals surface area contributed by atoms with Crippen molar-refractivity contribution >= 4 is 0 Å². The van der Waals surface area contributed by atoms with Gasteiger partial charge in [-0.25, -0.2) is 4.68 Å². The lowest BCUT2D eigenvalue weighted by Gasteiger charge is -2.10. The zero-order valence-corrected chi connectivity index (χ0v) is 11.8. The third-order valence-corrected chi connectivity index (χ3v) is 3.06. The van der Waals surface area contributed by atoms with Gasteiger partial charge in [0.05, 0.1) is 17.5 Å². The molecule has 0 aliphatic carbocycles. The van der Waals surface area contributed by atoms with Crippen LogP contribution in [0.1, 0.15) is 51.4 Å². The first kappa shape index (κ1) is 15.1. The second kappa shape index (κ2) is 7.48. The fourth-order valence-electron chi connectivity index (χ4n) is 1.94. The summed E-state index contributed by atoms with van der Waals surface area (Å²) in [4.78, 5) is 0. The van der Waals surface area contributed by atoms with Gasteiger partial charge in [-0.05, 0) is 38.5 Å². The molecule has 1 atom stereocenters. The summed E-state index contributed by atoms with van der Waals surface area (Å²) < 4.78 is 1.95. The second-order valence-corrected chi connectivity index (χ2v) is 5.33. The number of aliphatic hydroxyl groups is 1. The molecule has 5 nitrogen and oxygen atoms in total. The fourth-order valence-corrected chi connectivity index (χ4v) is 1.94. The summed E-state index contributed by atoms with van der Waals surface area (Å²) in [7, 11) is 0. The van der Waals surface area contributed by atoms with Crippen LogP contribution in [0.25, 0.3) is 0 Å². The van der Waals surface area contributed by atoms with E-state index in [0.29, 0.717) is 12.5 Å². The summed E-state index contributed by atoms with van der Waals surface area (Å²) in [5.41, 5.74) is 7.77. The molecule has 5 heteroatoms. The van der Waals surface area contributed by atoms with Gasteiger partial charge in [0.1, 0.15) is 0 Å². The number of hydrogen-bond acceptors (Lipinski definition) is 4. The molecule has 0 aromatic carbocycles. The lowest BCUT2D eigenvalue weighted by molar-refractivity contribution is 0.178. The molecule has 0 aliphatic rings. The van der Waals surface area contributed by atoms with Gasteiger partial charge in [-0.15, -0.1) is 5.10 Å². The Balaban J connectivity index is 2.62. The highest BCUT2D eigenvalue weighted by molar-refractivity contribution is 5.10. The molecule has 0 aliphatic heterocycles. The van der Waals surface area contributed by atoms with Crippen LogP contribution in [-0.4, -0.2) is 26.2 Å². The standard InChI is InChI=1S/C13H26N4O/c1-10(2)6-7-13-12(9-14)15-16-17(13)8-4-5-11(3)18/h10-11,18H,4-9,14H2,1-3H3. The Morgan fingerprint density at radius 3 is 2.56 bits per heavy atom. The quantitative estimate of drug-likeness (QED) is 0.737. The molecular formula is C13H26N4O. The minimum absolute atomic E-state index is 0.249. The van der Waals surface area contributed by atoms with Crippen molar-refractivity contribution in [1.29, 1.82) is 0 Å². The van der Waals surface area contributed by atoms with E-state index in [-0.39, 0.29) is 6.10 Å². The predicted octanol–water partition coefficient (Wildman–Crippen LogP) is 1.49. The average Bonchev–Trinajstić information content (AvgIpc) is 2.68.